The summed E-state index contributed by atoms with van der Waals surface area (Å²) < 4.78 is 16.5. The SMILES string of the molecule is CC(C)C[C@H](NC(=O)CNC(=O)[C@@H]1CCCN1C(=O)[C@H](COP(=O)(O)O)NC(=O)[C@@H](NC(=O)CNC(=O)[C@@H]1CCCN1C(=O)[C@H](CCCN=C(N)N)NC(=O)[C@H](CCCN=C(N)N)NC(=O)CNC(=O)CNC(=O)CCCC[C@@H]1SC[C@@H]2NC(=O)N[C@@H]21)[C@@H](C)O)C(=O)N[C@@H](CC(C)C)C(=O)NCC(N)=O. The number of aliphatic imine (C=N–C) groups is 2. The monoisotopic (exact) mass is 1530 g/mol. The van der Waals surface area contributed by atoms with Gasteiger partial charge in [-0.05, 0) is 95.8 Å². The number of urea groups is 1. The predicted octanol–water partition coefficient (Wildman–Crippen LogP) is -8.64. The Morgan fingerprint density at radius 3 is 1.57 bits per heavy atom. The molecule has 12 atom stereocenters. The molecule has 26 N–H and O–H groups in total. The first kappa shape index (κ1) is 88.2. The molecular formula is C61H105N22O20PS. The molecule has 0 aliphatic carbocycles. The maximum absolute atomic E-state index is 14.5. The van der Waals surface area contributed by atoms with Crippen molar-refractivity contribution in [3.05, 3.63) is 0 Å². The molecule has 0 bridgehead atoms. The topological polar surface area (TPSA) is 661 Å². The lowest BCUT2D eigenvalue weighted by Crippen LogP contribution is -2.60. The van der Waals surface area contributed by atoms with E-state index in [9.17, 15) is 91.4 Å². The van der Waals surface area contributed by atoms with Crippen LogP contribution in [0.2, 0.25) is 0 Å². The summed E-state index contributed by atoms with van der Waals surface area (Å²) in [5.41, 5.74) is 27.2. The molecule has 4 aliphatic heterocycles. The van der Waals surface area contributed by atoms with Crippen molar-refractivity contribution in [2.75, 3.05) is 71.3 Å². The zero-order valence-electron chi connectivity index (χ0n) is 59.6. The summed E-state index contributed by atoms with van der Waals surface area (Å²) in [5, 5.41) is 43.5. The number of phosphoric ester groups is 1. The second-order valence-electron chi connectivity index (χ2n) is 26.6. The quantitative estimate of drug-likeness (QED) is 0.00885. The number of unbranched alkanes of at least 4 members (excludes halogenated alkanes) is 1. The molecule has 0 unspecified atom stereocenters. The molecule has 4 rings (SSSR count). The van der Waals surface area contributed by atoms with Crippen molar-refractivity contribution in [3.63, 3.8) is 0 Å². The van der Waals surface area contributed by atoms with Crippen LogP contribution in [0.5, 0.6) is 0 Å². The number of carbonyl (C=O) groups is 15. The van der Waals surface area contributed by atoms with Crippen LogP contribution in [0.1, 0.15) is 125 Å². The number of hydrogen-bond acceptors (Lipinski definition) is 21. The highest BCUT2D eigenvalue weighted by Gasteiger charge is 2.44. The van der Waals surface area contributed by atoms with E-state index < -0.39 is 184 Å². The fourth-order valence-corrected chi connectivity index (χ4v) is 13.8. The Hall–Kier alpha value is -9.19. The highest BCUT2D eigenvalue weighted by Crippen LogP contribution is 2.36. The van der Waals surface area contributed by atoms with Gasteiger partial charge in [-0.15, -0.1) is 0 Å². The van der Waals surface area contributed by atoms with Gasteiger partial charge in [0.15, 0.2) is 11.9 Å². The fraction of sp³-hybridized carbons (Fsp3) is 0.721. The molecule has 0 aromatic carbocycles. The molecule has 16 amide bonds. The van der Waals surface area contributed by atoms with Gasteiger partial charge in [0, 0.05) is 43.6 Å². The van der Waals surface area contributed by atoms with Crippen molar-refractivity contribution in [1.29, 1.82) is 0 Å². The predicted molar refractivity (Wildman–Crippen MR) is 378 cm³/mol. The van der Waals surface area contributed by atoms with E-state index in [1.165, 1.54) is 0 Å². The molecule has 44 heteroatoms. The standard InChI is InChI=1S/C61H105N22O20PS/c1-31(2)22-36(51(91)71-24-43(62)85)77-53(93)37(23-32(3)4)75-47(89)27-72-55(95)41-15-11-21-83(41)58(98)38(29-103-104(100,101)102)78-56(96)49(33(5)84)80-48(90)28-73-54(94)40-14-10-20-82(40)57(97)35(13-9-19-68-60(65)66)76-52(92)34(12-8-18-67-59(63)64)74-46(88)26-70-45(87)25-69-44(86)17-7-6-16-42-50-39(30-105-42)79-61(99)81-50/h31-42,49-50,84H,6-30H2,1-5H3,(H2,62,85)(H,69,86)(H,70,87)(H,71,91)(H,72,95)(H,73,94)(H,74,88)(H,75,89)(H,76,92)(H,77,93)(H,78,96)(H,80,90)(H4,63,64,67)(H4,65,66,68)(H2,79,81,99)(H2,100,101,102)/t33-,34+,35+,36+,37+,38+,39+,40+,41+,42+,49+,50+/m1/s1. The minimum Gasteiger partial charge on any atom is -0.391 e. The second-order valence-corrected chi connectivity index (χ2v) is 29.1. The van der Waals surface area contributed by atoms with Crippen molar-refractivity contribution in [2.24, 2.45) is 50.5 Å². The summed E-state index contributed by atoms with van der Waals surface area (Å²) in [4.78, 5) is 228. The third kappa shape index (κ3) is 32.0. The van der Waals surface area contributed by atoms with Crippen LogP contribution in [0.3, 0.4) is 0 Å². The first-order chi connectivity index (χ1) is 49.4. The number of carbonyl (C=O) groups excluding carboxylic acids is 15. The number of primary amides is 1. The Bertz CT molecular complexity index is 3190. The van der Waals surface area contributed by atoms with E-state index in [2.05, 4.69) is 83.6 Å². The third-order valence-electron chi connectivity index (χ3n) is 16.9. The molecular weight excluding hydrogens is 1420 g/mol. The lowest BCUT2D eigenvalue weighted by atomic mass is 10.00. The van der Waals surface area contributed by atoms with Crippen LogP contribution in [0.25, 0.3) is 0 Å². The van der Waals surface area contributed by atoms with Crippen LogP contribution in [-0.2, 0) is 76.2 Å². The van der Waals surface area contributed by atoms with Crippen LogP contribution >= 0.6 is 19.6 Å². The largest absolute Gasteiger partial charge is 0.469 e. The number of phosphoric acid groups is 1. The van der Waals surface area contributed by atoms with E-state index in [0.717, 1.165) is 28.9 Å². The summed E-state index contributed by atoms with van der Waals surface area (Å²) in [6.45, 7) is 3.61. The van der Waals surface area contributed by atoms with E-state index >= 15 is 0 Å². The number of thioether (sulfide) groups is 1. The summed E-state index contributed by atoms with van der Waals surface area (Å²) >= 11 is 1.75. The average molecular weight is 1530 g/mol. The number of fused-ring (bicyclic) bond motifs is 1. The van der Waals surface area contributed by atoms with Gasteiger partial charge in [-0.2, -0.15) is 11.8 Å². The lowest BCUT2D eigenvalue weighted by molar-refractivity contribution is -0.143. The van der Waals surface area contributed by atoms with Gasteiger partial charge < -0.3 is 122 Å². The molecule has 4 heterocycles. The van der Waals surface area contributed by atoms with E-state index in [-0.39, 0.29) is 144 Å². The minimum absolute atomic E-state index is 0.00780. The molecule has 105 heavy (non-hydrogen) atoms. The van der Waals surface area contributed by atoms with Gasteiger partial charge in [0.1, 0.15) is 48.3 Å². The van der Waals surface area contributed by atoms with Gasteiger partial charge in [0.25, 0.3) is 0 Å². The number of guanidine groups is 2. The zero-order valence-corrected chi connectivity index (χ0v) is 61.3. The van der Waals surface area contributed by atoms with E-state index in [0.29, 0.717) is 12.8 Å². The van der Waals surface area contributed by atoms with Gasteiger partial charge in [-0.25, -0.2) is 9.36 Å². The van der Waals surface area contributed by atoms with Crippen molar-refractivity contribution in [3.8, 4) is 0 Å². The highest BCUT2D eigenvalue weighted by atomic mass is 32.2. The molecule has 0 saturated carbocycles. The zero-order chi connectivity index (χ0) is 78.3. The van der Waals surface area contributed by atoms with Crippen molar-refractivity contribution in [2.45, 2.75) is 196 Å². The van der Waals surface area contributed by atoms with Gasteiger partial charge in [-0.1, -0.05) is 34.1 Å². The lowest BCUT2D eigenvalue weighted by Gasteiger charge is -2.30. The fourth-order valence-electron chi connectivity index (χ4n) is 11.9. The van der Waals surface area contributed by atoms with Gasteiger partial charge in [-0.3, -0.25) is 81.6 Å². The Morgan fingerprint density at radius 1 is 0.562 bits per heavy atom. The van der Waals surface area contributed by atoms with Crippen LogP contribution in [0.15, 0.2) is 9.98 Å². The second kappa shape index (κ2) is 43.9. The molecule has 590 valence electrons. The molecule has 42 nitrogen and oxygen atoms in total. The Balaban J connectivity index is 1.37. The first-order valence-electron chi connectivity index (χ1n) is 34.7. The van der Waals surface area contributed by atoms with Crippen LogP contribution in [0, 0.1) is 11.8 Å². The number of nitrogens with zero attached hydrogens (tertiary/aromatic N) is 4. The molecule has 0 aromatic heterocycles. The number of nitrogens with one attached hydrogen (secondary N) is 13. The number of hydrogen-bond donors (Lipinski definition) is 21. The Labute approximate surface area is 610 Å². The third-order valence-corrected chi connectivity index (χ3v) is 18.9. The number of aliphatic hydroxyl groups is 1. The van der Waals surface area contributed by atoms with Crippen LogP contribution in [0.4, 0.5) is 4.79 Å². The number of nitrogens with two attached hydrogens (primary N) is 5. The minimum atomic E-state index is -5.38. The van der Waals surface area contributed by atoms with E-state index in [4.69, 9.17) is 28.7 Å². The summed E-state index contributed by atoms with van der Waals surface area (Å²) in [5.74, 6) is -12.0. The van der Waals surface area contributed by atoms with Crippen LogP contribution < -0.4 is 97.8 Å². The summed E-state index contributed by atoms with van der Waals surface area (Å²) in [7, 11) is -5.38. The number of rotatable bonds is 45. The van der Waals surface area contributed by atoms with E-state index in [1.807, 2.05) is 0 Å². The van der Waals surface area contributed by atoms with Gasteiger partial charge in [0.2, 0.25) is 82.7 Å². The van der Waals surface area contributed by atoms with Crippen molar-refractivity contribution >= 4 is 120 Å². The molecule has 4 aliphatic rings. The smallest absolute Gasteiger partial charge is 0.391 e. The maximum atomic E-state index is 14.5. The maximum Gasteiger partial charge on any atom is 0.469 e. The molecule has 4 saturated heterocycles. The molecule has 0 aromatic rings. The molecule has 0 spiro atoms. The highest BCUT2D eigenvalue weighted by molar-refractivity contribution is 8.00. The van der Waals surface area contributed by atoms with Crippen LogP contribution in [-0.4, -0.2) is 268 Å². The Morgan fingerprint density at radius 2 is 1.04 bits per heavy atom. The van der Waals surface area contributed by atoms with Gasteiger partial charge in [0.05, 0.1) is 57.5 Å². The average Bonchev–Trinajstić information content (AvgIpc) is 1.66. The molecule has 4 fully saturated rings. The summed E-state index contributed by atoms with van der Waals surface area (Å²) in [6.07, 6.45) is 1.15. The first-order valence-corrected chi connectivity index (χ1v) is 37.2. The normalized spacial score (nSPS) is 19.4. The van der Waals surface area contributed by atoms with Crippen molar-refractivity contribution in [1.82, 2.24) is 78.9 Å². The number of amides is 16. The number of likely N-dealkylation sites (tertiary alicyclic amines) is 2. The number of aliphatic hydroxyl groups excluding tert-OH is 1. The molecule has 0 radical (unpaired) electrons. The Kier molecular flexibility index (Phi) is 36.9. The van der Waals surface area contributed by atoms with Crippen molar-refractivity contribution < 1.29 is 95.9 Å². The van der Waals surface area contributed by atoms with Gasteiger partial charge >= 0.3 is 13.9 Å². The summed E-state index contributed by atoms with van der Waals surface area (Å²) in [6, 6.07) is -11.7. The van der Waals surface area contributed by atoms with E-state index in [1.54, 1.807) is 39.5 Å².